The zero-order chi connectivity index (χ0) is 19.3. The summed E-state index contributed by atoms with van der Waals surface area (Å²) in [6, 6.07) is 10.9. The molecule has 0 saturated carbocycles. The van der Waals surface area contributed by atoms with Gasteiger partial charge in [0.25, 0.3) is 0 Å². The van der Waals surface area contributed by atoms with E-state index in [0.29, 0.717) is 31.3 Å². The van der Waals surface area contributed by atoms with Crippen molar-refractivity contribution in [3.05, 3.63) is 65.9 Å². The van der Waals surface area contributed by atoms with E-state index in [9.17, 15) is 9.18 Å². The average molecular weight is 382 g/mol. The maximum absolute atomic E-state index is 13.4. The van der Waals surface area contributed by atoms with Gasteiger partial charge in [-0.05, 0) is 61.1 Å². The van der Waals surface area contributed by atoms with Gasteiger partial charge in [0.05, 0.1) is 6.26 Å². The Bertz CT molecular complexity index is 818. The Morgan fingerprint density at radius 3 is 2.96 bits per heavy atom. The molecule has 0 unspecified atom stereocenters. The number of fused-ring (bicyclic) bond motifs is 1. The van der Waals surface area contributed by atoms with Gasteiger partial charge in [-0.1, -0.05) is 18.2 Å². The third-order valence-corrected chi connectivity index (χ3v) is 5.95. The molecule has 0 radical (unpaired) electrons. The Labute approximate surface area is 165 Å². The number of hydrogen-bond acceptors (Lipinski definition) is 3. The Kier molecular flexibility index (Phi) is 5.91. The van der Waals surface area contributed by atoms with Gasteiger partial charge in [-0.3, -0.25) is 9.69 Å². The number of amides is 1. The minimum atomic E-state index is -0.212. The van der Waals surface area contributed by atoms with E-state index in [1.807, 2.05) is 24.3 Å². The van der Waals surface area contributed by atoms with Crippen LogP contribution in [0.25, 0.3) is 6.08 Å². The number of halogens is 1. The first-order valence-electron chi connectivity index (χ1n) is 10.2. The van der Waals surface area contributed by atoms with Gasteiger partial charge in [0.2, 0.25) is 5.91 Å². The van der Waals surface area contributed by atoms with Crippen LogP contribution in [0.15, 0.2) is 53.2 Å². The van der Waals surface area contributed by atoms with Gasteiger partial charge in [0.15, 0.2) is 0 Å². The molecule has 0 bridgehead atoms. The molecule has 2 fully saturated rings. The molecule has 2 aromatic rings. The van der Waals surface area contributed by atoms with Crippen LogP contribution in [0.2, 0.25) is 0 Å². The second-order valence-corrected chi connectivity index (χ2v) is 7.80. The van der Waals surface area contributed by atoms with Crippen molar-refractivity contribution in [1.82, 2.24) is 9.80 Å². The van der Waals surface area contributed by atoms with Crippen LogP contribution in [0.1, 0.15) is 30.6 Å². The Balaban J connectivity index is 1.33. The number of carbonyl (C=O) groups excluding carboxylic acids is 1. The highest BCUT2D eigenvalue weighted by atomic mass is 19.1. The zero-order valence-electron chi connectivity index (χ0n) is 16.1. The number of likely N-dealkylation sites (tertiary alicyclic amines) is 2. The molecule has 2 atom stereocenters. The van der Waals surface area contributed by atoms with Crippen molar-refractivity contribution in [2.45, 2.75) is 31.7 Å². The summed E-state index contributed by atoms with van der Waals surface area (Å²) in [4.78, 5) is 17.1. The minimum Gasteiger partial charge on any atom is -0.465 e. The van der Waals surface area contributed by atoms with Crippen molar-refractivity contribution in [1.29, 1.82) is 0 Å². The topological polar surface area (TPSA) is 36.7 Å². The summed E-state index contributed by atoms with van der Waals surface area (Å²) in [5, 5.41) is 0. The highest BCUT2D eigenvalue weighted by Crippen LogP contribution is 2.31. The number of rotatable bonds is 6. The third-order valence-electron chi connectivity index (χ3n) is 5.95. The molecule has 1 aromatic heterocycles. The lowest BCUT2D eigenvalue weighted by Crippen LogP contribution is -2.56. The SMILES string of the molecule is O=C1CC[C@@H]2CN(C/C=C/c3ccco3)CC[C@@H]2N1CCc1cccc(F)c1. The summed E-state index contributed by atoms with van der Waals surface area (Å²) in [5.41, 5.74) is 0.954. The second-order valence-electron chi connectivity index (χ2n) is 7.80. The summed E-state index contributed by atoms with van der Waals surface area (Å²) >= 11 is 0. The number of carbonyl (C=O) groups is 1. The Hall–Kier alpha value is -2.40. The molecule has 5 heteroatoms. The Morgan fingerprint density at radius 2 is 2.14 bits per heavy atom. The lowest BCUT2D eigenvalue weighted by Gasteiger charge is -2.47. The van der Waals surface area contributed by atoms with Crippen LogP contribution in [0.5, 0.6) is 0 Å². The minimum absolute atomic E-state index is 0.212. The van der Waals surface area contributed by atoms with Crippen LogP contribution in [-0.4, -0.2) is 47.9 Å². The van der Waals surface area contributed by atoms with E-state index >= 15 is 0 Å². The maximum Gasteiger partial charge on any atom is 0.222 e. The zero-order valence-corrected chi connectivity index (χ0v) is 16.1. The van der Waals surface area contributed by atoms with Gasteiger partial charge in [0.1, 0.15) is 11.6 Å². The first-order chi connectivity index (χ1) is 13.7. The molecule has 4 rings (SSSR count). The van der Waals surface area contributed by atoms with E-state index in [4.69, 9.17) is 4.42 Å². The van der Waals surface area contributed by atoms with E-state index in [-0.39, 0.29) is 11.7 Å². The van der Waals surface area contributed by atoms with Crippen molar-refractivity contribution in [2.75, 3.05) is 26.2 Å². The predicted octanol–water partition coefficient (Wildman–Crippen LogP) is 3.99. The molecular weight excluding hydrogens is 355 g/mol. The molecule has 3 heterocycles. The van der Waals surface area contributed by atoms with Crippen LogP contribution >= 0.6 is 0 Å². The molecule has 1 amide bonds. The molecule has 0 aliphatic carbocycles. The quantitative estimate of drug-likeness (QED) is 0.758. The molecule has 0 N–H and O–H groups in total. The van der Waals surface area contributed by atoms with Gasteiger partial charge in [-0.2, -0.15) is 0 Å². The Morgan fingerprint density at radius 1 is 1.21 bits per heavy atom. The summed E-state index contributed by atoms with van der Waals surface area (Å²) in [6.07, 6.45) is 9.16. The molecule has 28 heavy (non-hydrogen) atoms. The predicted molar refractivity (Wildman–Crippen MR) is 107 cm³/mol. The van der Waals surface area contributed by atoms with Crippen molar-refractivity contribution in [2.24, 2.45) is 5.92 Å². The van der Waals surface area contributed by atoms with Crippen LogP contribution in [0.4, 0.5) is 4.39 Å². The largest absolute Gasteiger partial charge is 0.465 e. The molecule has 2 saturated heterocycles. The summed E-state index contributed by atoms with van der Waals surface area (Å²) in [5.74, 6) is 1.44. The van der Waals surface area contributed by atoms with Gasteiger partial charge < -0.3 is 9.32 Å². The van der Waals surface area contributed by atoms with E-state index in [2.05, 4.69) is 15.9 Å². The number of benzene rings is 1. The third kappa shape index (κ3) is 4.53. The van der Waals surface area contributed by atoms with E-state index in [0.717, 1.165) is 43.8 Å². The van der Waals surface area contributed by atoms with Crippen LogP contribution in [0, 0.1) is 11.7 Å². The van der Waals surface area contributed by atoms with Crippen LogP contribution < -0.4 is 0 Å². The van der Waals surface area contributed by atoms with E-state index < -0.39 is 0 Å². The molecular formula is C23H27FN2O2. The number of piperidine rings is 2. The lowest BCUT2D eigenvalue weighted by atomic mass is 9.83. The van der Waals surface area contributed by atoms with Crippen molar-refractivity contribution < 1.29 is 13.6 Å². The van der Waals surface area contributed by atoms with Crippen LogP contribution in [0.3, 0.4) is 0 Å². The highest BCUT2D eigenvalue weighted by Gasteiger charge is 2.38. The van der Waals surface area contributed by atoms with Crippen molar-refractivity contribution in [3.8, 4) is 0 Å². The lowest BCUT2D eigenvalue weighted by molar-refractivity contribution is -0.140. The second kappa shape index (κ2) is 8.74. The van der Waals surface area contributed by atoms with Gasteiger partial charge >= 0.3 is 0 Å². The number of nitrogens with zero attached hydrogens (tertiary/aromatic N) is 2. The summed E-state index contributed by atoms with van der Waals surface area (Å²) < 4.78 is 18.7. The average Bonchev–Trinajstić information content (AvgIpc) is 3.21. The van der Waals surface area contributed by atoms with Crippen molar-refractivity contribution >= 4 is 12.0 Å². The van der Waals surface area contributed by atoms with Gasteiger partial charge in [-0.15, -0.1) is 0 Å². The van der Waals surface area contributed by atoms with Crippen LogP contribution in [-0.2, 0) is 11.2 Å². The smallest absolute Gasteiger partial charge is 0.222 e. The molecule has 0 spiro atoms. The monoisotopic (exact) mass is 382 g/mol. The molecule has 1 aromatic carbocycles. The fourth-order valence-electron chi connectivity index (χ4n) is 4.53. The summed E-state index contributed by atoms with van der Waals surface area (Å²) in [6.45, 7) is 3.60. The number of hydrogen-bond donors (Lipinski definition) is 0. The van der Waals surface area contributed by atoms with E-state index in [1.165, 1.54) is 6.07 Å². The maximum atomic E-state index is 13.4. The first kappa shape index (κ1) is 18.9. The molecule has 4 nitrogen and oxygen atoms in total. The van der Waals surface area contributed by atoms with Gasteiger partial charge in [0, 0.05) is 38.6 Å². The molecule has 148 valence electrons. The summed E-state index contributed by atoms with van der Waals surface area (Å²) in [7, 11) is 0. The first-order valence-corrected chi connectivity index (χ1v) is 10.2. The molecule has 2 aliphatic rings. The van der Waals surface area contributed by atoms with Crippen molar-refractivity contribution in [3.63, 3.8) is 0 Å². The highest BCUT2D eigenvalue weighted by molar-refractivity contribution is 5.77. The number of furan rings is 1. The normalized spacial score (nSPS) is 23.3. The van der Waals surface area contributed by atoms with E-state index in [1.54, 1.807) is 18.4 Å². The van der Waals surface area contributed by atoms with Gasteiger partial charge in [-0.25, -0.2) is 4.39 Å². The fraction of sp³-hybridized carbons (Fsp3) is 0.435. The fourth-order valence-corrected chi connectivity index (χ4v) is 4.53. The standard InChI is InChI=1S/C23H27FN2O2/c24-20-5-1-4-18(16-20)10-14-26-22-11-13-25(17-19(22)8-9-23(26)27)12-2-6-21-7-3-15-28-21/h1-7,15-16,19,22H,8-14,17H2/b6-2+/t19-,22+/m1/s1. The molecule has 2 aliphatic heterocycles.